The number of benzene rings is 2. The highest BCUT2D eigenvalue weighted by molar-refractivity contribution is 14.1. The lowest BCUT2D eigenvalue weighted by molar-refractivity contribution is 0.593. The second-order valence-corrected chi connectivity index (χ2v) is 6.80. The summed E-state index contributed by atoms with van der Waals surface area (Å²) in [5.74, 6) is 0. The smallest absolute Gasteiger partial charge is 0.0589 e. The van der Waals surface area contributed by atoms with Gasteiger partial charge in [0.1, 0.15) is 0 Å². The molecule has 2 rings (SSSR count). The molecule has 0 aliphatic rings. The molecule has 0 saturated carbocycles. The Balaban J connectivity index is 2.52. The van der Waals surface area contributed by atoms with E-state index in [1.807, 2.05) is 0 Å². The molecule has 1 nitrogen and oxygen atoms in total. The Morgan fingerprint density at radius 1 is 1.00 bits per heavy atom. The van der Waals surface area contributed by atoms with E-state index in [1.165, 1.54) is 31.4 Å². The van der Waals surface area contributed by atoms with Gasteiger partial charge in [-0.25, -0.2) is 0 Å². The van der Waals surface area contributed by atoms with Crippen LogP contribution in [0.25, 0.3) is 0 Å². The van der Waals surface area contributed by atoms with Gasteiger partial charge < -0.3 is 5.32 Å². The first-order valence-electron chi connectivity index (χ1n) is 7.60. The average Bonchev–Trinajstić information content (AvgIpc) is 2.47. The lowest BCUT2D eigenvalue weighted by atomic mass is 9.92. The summed E-state index contributed by atoms with van der Waals surface area (Å²) in [6.45, 7) is 9.81. The van der Waals surface area contributed by atoms with Gasteiger partial charge in [-0.15, -0.1) is 0 Å². The number of nitrogens with one attached hydrogen (secondary N) is 1. The SMILES string of the molecule is CCCNC(c1cc(C)ccc1C)c1cccc(C)c1I. The van der Waals surface area contributed by atoms with Crippen LogP contribution in [-0.4, -0.2) is 6.54 Å². The standard InChI is InChI=1S/C19H24IN/c1-5-11-21-19(16-8-6-7-15(4)18(16)20)17-12-13(2)9-10-14(17)3/h6-10,12,19,21H,5,11H2,1-4H3. The van der Waals surface area contributed by atoms with Crippen molar-refractivity contribution >= 4 is 22.6 Å². The van der Waals surface area contributed by atoms with Gasteiger partial charge in [-0.3, -0.25) is 0 Å². The second-order valence-electron chi connectivity index (χ2n) is 5.73. The van der Waals surface area contributed by atoms with Gasteiger partial charge in [0.05, 0.1) is 6.04 Å². The van der Waals surface area contributed by atoms with Crippen molar-refractivity contribution in [1.82, 2.24) is 5.32 Å². The lowest BCUT2D eigenvalue weighted by Gasteiger charge is -2.24. The number of halogens is 1. The molecule has 2 aromatic carbocycles. The average molecular weight is 393 g/mol. The largest absolute Gasteiger partial charge is 0.306 e. The van der Waals surface area contributed by atoms with Crippen molar-refractivity contribution in [2.75, 3.05) is 6.54 Å². The highest BCUT2D eigenvalue weighted by atomic mass is 127. The van der Waals surface area contributed by atoms with Gasteiger partial charge in [0.25, 0.3) is 0 Å². The van der Waals surface area contributed by atoms with Gasteiger partial charge in [-0.2, -0.15) is 0 Å². The van der Waals surface area contributed by atoms with Crippen molar-refractivity contribution in [3.63, 3.8) is 0 Å². The number of hydrogen-bond acceptors (Lipinski definition) is 1. The number of aryl methyl sites for hydroxylation is 3. The van der Waals surface area contributed by atoms with Crippen molar-refractivity contribution in [3.8, 4) is 0 Å². The van der Waals surface area contributed by atoms with E-state index in [2.05, 4.69) is 92.0 Å². The zero-order valence-electron chi connectivity index (χ0n) is 13.3. The quantitative estimate of drug-likeness (QED) is 0.680. The van der Waals surface area contributed by atoms with Crippen LogP contribution in [0.1, 0.15) is 47.2 Å². The van der Waals surface area contributed by atoms with Gasteiger partial charge in [-0.1, -0.05) is 48.9 Å². The summed E-state index contributed by atoms with van der Waals surface area (Å²) in [5, 5.41) is 3.73. The molecule has 0 bridgehead atoms. The third kappa shape index (κ3) is 3.86. The Kier molecular flexibility index (Phi) is 5.82. The van der Waals surface area contributed by atoms with Crippen LogP contribution in [0.2, 0.25) is 0 Å². The molecule has 0 fully saturated rings. The van der Waals surface area contributed by atoms with Crippen molar-refractivity contribution in [2.24, 2.45) is 0 Å². The molecule has 0 amide bonds. The molecule has 0 radical (unpaired) electrons. The van der Waals surface area contributed by atoms with Gasteiger partial charge in [-0.05, 0) is 78.6 Å². The predicted molar refractivity (Wildman–Crippen MR) is 99.9 cm³/mol. The molecule has 1 N–H and O–H groups in total. The minimum absolute atomic E-state index is 0.275. The molecular weight excluding hydrogens is 369 g/mol. The predicted octanol–water partition coefficient (Wildman–Crippen LogP) is 5.31. The monoisotopic (exact) mass is 393 g/mol. The van der Waals surface area contributed by atoms with E-state index < -0.39 is 0 Å². The Hall–Kier alpha value is -0.870. The topological polar surface area (TPSA) is 12.0 Å². The highest BCUT2D eigenvalue weighted by Gasteiger charge is 2.18. The van der Waals surface area contributed by atoms with Gasteiger partial charge in [0.15, 0.2) is 0 Å². The summed E-state index contributed by atoms with van der Waals surface area (Å²) in [7, 11) is 0. The van der Waals surface area contributed by atoms with E-state index in [0.717, 1.165) is 13.0 Å². The fraction of sp³-hybridized carbons (Fsp3) is 0.368. The Morgan fingerprint density at radius 3 is 2.48 bits per heavy atom. The van der Waals surface area contributed by atoms with Crippen LogP contribution in [0.4, 0.5) is 0 Å². The third-order valence-corrected chi connectivity index (χ3v) is 5.35. The fourth-order valence-corrected chi connectivity index (χ4v) is 3.31. The molecule has 0 aliphatic heterocycles. The summed E-state index contributed by atoms with van der Waals surface area (Å²) in [4.78, 5) is 0. The molecule has 0 spiro atoms. The van der Waals surface area contributed by atoms with E-state index in [0.29, 0.717) is 0 Å². The Labute approximate surface area is 142 Å². The molecule has 2 heteroatoms. The second kappa shape index (κ2) is 7.41. The van der Waals surface area contributed by atoms with Crippen LogP contribution >= 0.6 is 22.6 Å². The lowest BCUT2D eigenvalue weighted by Crippen LogP contribution is -2.25. The highest BCUT2D eigenvalue weighted by Crippen LogP contribution is 2.30. The molecular formula is C19H24IN. The van der Waals surface area contributed by atoms with Gasteiger partial charge >= 0.3 is 0 Å². The molecule has 0 aromatic heterocycles. The maximum atomic E-state index is 3.73. The van der Waals surface area contributed by atoms with Crippen LogP contribution in [0.3, 0.4) is 0 Å². The first-order valence-corrected chi connectivity index (χ1v) is 8.68. The van der Waals surface area contributed by atoms with Crippen molar-refractivity contribution in [1.29, 1.82) is 0 Å². The molecule has 2 aromatic rings. The maximum absolute atomic E-state index is 3.73. The summed E-state index contributed by atoms with van der Waals surface area (Å²) in [6.07, 6.45) is 1.14. The van der Waals surface area contributed by atoms with E-state index in [4.69, 9.17) is 0 Å². The third-order valence-electron chi connectivity index (χ3n) is 3.88. The van der Waals surface area contributed by atoms with Crippen LogP contribution in [-0.2, 0) is 0 Å². The van der Waals surface area contributed by atoms with Gasteiger partial charge in [0.2, 0.25) is 0 Å². The molecule has 1 unspecified atom stereocenters. The fourth-order valence-electron chi connectivity index (χ4n) is 2.64. The molecule has 0 heterocycles. The number of hydrogen-bond donors (Lipinski definition) is 1. The minimum atomic E-state index is 0.275. The first kappa shape index (κ1) is 16.5. The molecule has 21 heavy (non-hydrogen) atoms. The maximum Gasteiger partial charge on any atom is 0.0589 e. The summed E-state index contributed by atoms with van der Waals surface area (Å²) in [6, 6.07) is 13.6. The van der Waals surface area contributed by atoms with E-state index in [9.17, 15) is 0 Å². The van der Waals surface area contributed by atoms with Crippen LogP contribution < -0.4 is 5.32 Å². The van der Waals surface area contributed by atoms with E-state index in [1.54, 1.807) is 0 Å². The molecule has 0 aliphatic carbocycles. The van der Waals surface area contributed by atoms with Gasteiger partial charge in [0, 0.05) is 3.57 Å². The first-order chi connectivity index (χ1) is 10.0. The zero-order chi connectivity index (χ0) is 15.4. The molecule has 1 atom stereocenters. The minimum Gasteiger partial charge on any atom is -0.306 e. The summed E-state index contributed by atoms with van der Waals surface area (Å²) >= 11 is 2.48. The Bertz CT molecular complexity index is 617. The molecule has 0 saturated heterocycles. The van der Waals surface area contributed by atoms with E-state index in [-0.39, 0.29) is 6.04 Å². The molecule has 112 valence electrons. The van der Waals surface area contributed by atoms with Crippen molar-refractivity contribution < 1.29 is 0 Å². The van der Waals surface area contributed by atoms with Crippen LogP contribution in [0.15, 0.2) is 36.4 Å². The van der Waals surface area contributed by atoms with E-state index >= 15 is 0 Å². The number of rotatable bonds is 5. The Morgan fingerprint density at radius 2 is 1.76 bits per heavy atom. The van der Waals surface area contributed by atoms with Crippen molar-refractivity contribution in [3.05, 3.63) is 67.8 Å². The summed E-state index contributed by atoms with van der Waals surface area (Å²) in [5.41, 5.74) is 6.81. The van der Waals surface area contributed by atoms with Crippen LogP contribution in [0, 0.1) is 24.3 Å². The summed E-state index contributed by atoms with van der Waals surface area (Å²) < 4.78 is 1.37. The zero-order valence-corrected chi connectivity index (χ0v) is 15.5. The van der Waals surface area contributed by atoms with Crippen molar-refractivity contribution in [2.45, 2.75) is 40.2 Å². The normalized spacial score (nSPS) is 12.4. The van der Waals surface area contributed by atoms with Crippen LogP contribution in [0.5, 0.6) is 0 Å².